The summed E-state index contributed by atoms with van der Waals surface area (Å²) >= 11 is 6.07. The molecular weight excluding hydrogens is 270 g/mol. The van der Waals surface area contributed by atoms with Crippen molar-refractivity contribution in [1.29, 1.82) is 0 Å². The highest BCUT2D eigenvalue weighted by molar-refractivity contribution is 6.30. The van der Waals surface area contributed by atoms with Gasteiger partial charge in [-0.05, 0) is 54.7 Å². The summed E-state index contributed by atoms with van der Waals surface area (Å²) in [4.78, 5) is 4.88. The van der Waals surface area contributed by atoms with Crippen molar-refractivity contribution < 1.29 is 4.84 Å². The zero-order valence-corrected chi connectivity index (χ0v) is 12.7. The first-order chi connectivity index (χ1) is 9.60. The smallest absolute Gasteiger partial charge is 0.0751 e. The molecule has 1 atom stereocenters. The summed E-state index contributed by atoms with van der Waals surface area (Å²) in [6.07, 6.45) is 0.888. The van der Waals surface area contributed by atoms with Crippen LogP contribution in [-0.2, 0) is 11.3 Å². The van der Waals surface area contributed by atoms with E-state index in [1.807, 2.05) is 18.2 Å². The van der Waals surface area contributed by atoms with E-state index in [1.54, 1.807) is 0 Å². The van der Waals surface area contributed by atoms with E-state index in [0.717, 1.165) is 17.0 Å². The lowest BCUT2D eigenvalue weighted by Gasteiger charge is -2.17. The quantitative estimate of drug-likeness (QED) is 0.838. The second-order valence-electron chi connectivity index (χ2n) is 5.21. The standard InChI is InChI=1S/C17H20ClNO/c1-12-6-7-14(8-13(12)2)9-16(11-20-19)15-4-3-5-17(18)10-15/h3-8,10,16H,9,11,19H2,1-2H3. The summed E-state index contributed by atoms with van der Waals surface area (Å²) in [5.74, 6) is 5.49. The molecule has 0 saturated carbocycles. The molecule has 0 aliphatic rings. The third-order valence-electron chi connectivity index (χ3n) is 3.67. The van der Waals surface area contributed by atoms with E-state index in [0.29, 0.717) is 6.61 Å². The van der Waals surface area contributed by atoms with Gasteiger partial charge < -0.3 is 4.84 Å². The van der Waals surface area contributed by atoms with Gasteiger partial charge in [-0.1, -0.05) is 41.9 Å². The lowest BCUT2D eigenvalue weighted by molar-refractivity contribution is 0.122. The largest absolute Gasteiger partial charge is 0.304 e. The Morgan fingerprint density at radius 2 is 1.90 bits per heavy atom. The van der Waals surface area contributed by atoms with Gasteiger partial charge in [0.1, 0.15) is 0 Å². The Balaban J connectivity index is 2.22. The van der Waals surface area contributed by atoms with Crippen LogP contribution >= 0.6 is 11.6 Å². The fraction of sp³-hybridized carbons (Fsp3) is 0.294. The second-order valence-corrected chi connectivity index (χ2v) is 5.64. The predicted molar refractivity (Wildman–Crippen MR) is 84.0 cm³/mol. The Kier molecular flexibility index (Phi) is 5.18. The Bertz CT molecular complexity index is 583. The highest BCUT2D eigenvalue weighted by Gasteiger charge is 2.13. The SMILES string of the molecule is Cc1ccc(CC(CON)c2cccc(Cl)c2)cc1C. The number of nitrogens with two attached hydrogens (primary N) is 1. The number of aryl methyl sites for hydroxylation is 2. The van der Waals surface area contributed by atoms with Crippen molar-refractivity contribution in [2.75, 3.05) is 6.61 Å². The van der Waals surface area contributed by atoms with E-state index in [1.165, 1.54) is 16.7 Å². The Hall–Kier alpha value is -1.35. The molecule has 20 heavy (non-hydrogen) atoms. The maximum Gasteiger partial charge on any atom is 0.0751 e. The molecule has 0 aromatic heterocycles. The van der Waals surface area contributed by atoms with E-state index < -0.39 is 0 Å². The van der Waals surface area contributed by atoms with E-state index in [9.17, 15) is 0 Å². The first-order valence-electron chi connectivity index (χ1n) is 6.73. The maximum atomic E-state index is 6.07. The molecule has 2 aromatic rings. The van der Waals surface area contributed by atoms with Gasteiger partial charge in [-0.25, -0.2) is 5.90 Å². The first-order valence-corrected chi connectivity index (χ1v) is 7.11. The predicted octanol–water partition coefficient (Wildman–Crippen LogP) is 4.17. The second kappa shape index (κ2) is 6.89. The average Bonchev–Trinajstić information content (AvgIpc) is 2.42. The van der Waals surface area contributed by atoms with Gasteiger partial charge in [0.15, 0.2) is 0 Å². The minimum atomic E-state index is 0.209. The van der Waals surface area contributed by atoms with Gasteiger partial charge in [0.05, 0.1) is 6.61 Å². The molecule has 0 amide bonds. The third kappa shape index (κ3) is 3.83. The third-order valence-corrected chi connectivity index (χ3v) is 3.91. The number of hydrogen-bond donors (Lipinski definition) is 1. The van der Waals surface area contributed by atoms with Crippen molar-refractivity contribution >= 4 is 11.6 Å². The van der Waals surface area contributed by atoms with Gasteiger partial charge >= 0.3 is 0 Å². The minimum absolute atomic E-state index is 0.209. The molecule has 1 unspecified atom stereocenters. The molecule has 0 aliphatic carbocycles. The first kappa shape index (κ1) is 15.0. The molecule has 2 nitrogen and oxygen atoms in total. The van der Waals surface area contributed by atoms with Crippen LogP contribution in [0.25, 0.3) is 0 Å². The molecular formula is C17H20ClNO. The number of benzene rings is 2. The van der Waals surface area contributed by atoms with E-state index in [4.69, 9.17) is 22.3 Å². The van der Waals surface area contributed by atoms with Crippen LogP contribution in [0.2, 0.25) is 5.02 Å². The molecule has 0 aliphatic heterocycles. The topological polar surface area (TPSA) is 35.2 Å². The molecule has 0 bridgehead atoms. The van der Waals surface area contributed by atoms with Crippen LogP contribution in [-0.4, -0.2) is 6.61 Å². The van der Waals surface area contributed by atoms with E-state index in [-0.39, 0.29) is 5.92 Å². The van der Waals surface area contributed by atoms with Gasteiger partial charge in [-0.2, -0.15) is 0 Å². The Labute approximate surface area is 125 Å². The van der Waals surface area contributed by atoms with Gasteiger partial charge in [-0.3, -0.25) is 0 Å². The van der Waals surface area contributed by atoms with E-state index in [2.05, 4.69) is 38.1 Å². The fourth-order valence-electron chi connectivity index (χ4n) is 2.36. The van der Waals surface area contributed by atoms with Crippen molar-refractivity contribution in [2.45, 2.75) is 26.2 Å². The van der Waals surface area contributed by atoms with Crippen LogP contribution in [0.5, 0.6) is 0 Å². The molecule has 2 N–H and O–H groups in total. The van der Waals surface area contributed by atoms with Gasteiger partial charge in [0, 0.05) is 10.9 Å². The van der Waals surface area contributed by atoms with Crippen LogP contribution < -0.4 is 5.90 Å². The van der Waals surface area contributed by atoms with Crippen LogP contribution in [0.1, 0.15) is 28.2 Å². The molecule has 0 spiro atoms. The fourth-order valence-corrected chi connectivity index (χ4v) is 2.56. The number of halogens is 1. The monoisotopic (exact) mass is 289 g/mol. The highest BCUT2D eigenvalue weighted by atomic mass is 35.5. The Morgan fingerprint density at radius 3 is 2.55 bits per heavy atom. The zero-order chi connectivity index (χ0) is 14.5. The number of hydrogen-bond acceptors (Lipinski definition) is 2. The summed E-state index contributed by atoms with van der Waals surface area (Å²) in [7, 11) is 0. The highest BCUT2D eigenvalue weighted by Crippen LogP contribution is 2.24. The van der Waals surface area contributed by atoms with Crippen molar-refractivity contribution in [3.05, 3.63) is 69.7 Å². The molecule has 0 radical (unpaired) electrons. The molecule has 106 valence electrons. The van der Waals surface area contributed by atoms with Crippen molar-refractivity contribution in [3.8, 4) is 0 Å². The zero-order valence-electron chi connectivity index (χ0n) is 11.9. The average molecular weight is 290 g/mol. The van der Waals surface area contributed by atoms with Crippen molar-refractivity contribution in [3.63, 3.8) is 0 Å². The summed E-state index contributed by atoms with van der Waals surface area (Å²) in [5, 5.41) is 0.740. The lowest BCUT2D eigenvalue weighted by atomic mass is 9.91. The van der Waals surface area contributed by atoms with E-state index >= 15 is 0 Å². The molecule has 2 aromatic carbocycles. The molecule has 2 rings (SSSR count). The molecule has 0 fully saturated rings. The normalized spacial score (nSPS) is 12.4. The lowest BCUT2D eigenvalue weighted by Crippen LogP contribution is -2.14. The summed E-state index contributed by atoms with van der Waals surface area (Å²) in [6, 6.07) is 14.4. The van der Waals surface area contributed by atoms with Crippen molar-refractivity contribution in [1.82, 2.24) is 0 Å². The van der Waals surface area contributed by atoms with Crippen LogP contribution in [0.3, 0.4) is 0 Å². The minimum Gasteiger partial charge on any atom is -0.304 e. The molecule has 3 heteroatoms. The summed E-state index contributed by atoms with van der Waals surface area (Å²) in [6.45, 7) is 4.73. The maximum absolute atomic E-state index is 6.07. The van der Waals surface area contributed by atoms with Crippen LogP contribution in [0, 0.1) is 13.8 Å². The van der Waals surface area contributed by atoms with Gasteiger partial charge in [0.25, 0.3) is 0 Å². The van der Waals surface area contributed by atoms with Gasteiger partial charge in [-0.15, -0.1) is 0 Å². The van der Waals surface area contributed by atoms with Crippen molar-refractivity contribution in [2.24, 2.45) is 5.90 Å². The number of rotatable bonds is 5. The van der Waals surface area contributed by atoms with Crippen LogP contribution in [0.15, 0.2) is 42.5 Å². The van der Waals surface area contributed by atoms with Crippen LogP contribution in [0.4, 0.5) is 0 Å². The Morgan fingerprint density at radius 1 is 1.10 bits per heavy atom. The molecule has 0 heterocycles. The molecule has 0 saturated heterocycles. The summed E-state index contributed by atoms with van der Waals surface area (Å²) < 4.78 is 0. The van der Waals surface area contributed by atoms with Gasteiger partial charge in [0.2, 0.25) is 0 Å². The summed E-state index contributed by atoms with van der Waals surface area (Å²) in [5.41, 5.74) is 5.06.